The molecule has 3 rings (SSSR count). The molecule has 2 heterocycles. The fourth-order valence-electron chi connectivity index (χ4n) is 2.43. The van der Waals surface area contributed by atoms with Crippen molar-refractivity contribution in [2.24, 2.45) is 0 Å². The molecular weight excluding hydrogens is 423 g/mol. The minimum Gasteiger partial charge on any atom is -0.507 e. The van der Waals surface area contributed by atoms with Gasteiger partial charge in [0.1, 0.15) is 26.0 Å². The Morgan fingerprint density at radius 1 is 1.35 bits per heavy atom. The van der Waals surface area contributed by atoms with E-state index in [0.29, 0.717) is 25.2 Å². The average molecular weight is 437 g/mol. The quantitative estimate of drug-likeness (QED) is 0.718. The van der Waals surface area contributed by atoms with Crippen LogP contribution in [0, 0.1) is 0 Å². The second kappa shape index (κ2) is 7.74. The first-order chi connectivity index (χ1) is 12.3. The summed E-state index contributed by atoms with van der Waals surface area (Å²) in [5, 5.41) is 10.3. The van der Waals surface area contributed by atoms with Gasteiger partial charge in [-0.2, -0.15) is 0 Å². The number of benzene rings is 1. The molecular formula is C16H14Cl2O6S2. The number of esters is 1. The van der Waals surface area contributed by atoms with Crippen molar-refractivity contribution in [2.45, 2.75) is 22.5 Å². The first-order valence-electron chi connectivity index (χ1n) is 7.54. The van der Waals surface area contributed by atoms with Gasteiger partial charge in [-0.3, -0.25) is 0 Å². The molecule has 140 valence electrons. The molecule has 1 aliphatic rings. The number of thiophene rings is 1. The largest absolute Gasteiger partial charge is 0.507 e. The zero-order chi connectivity index (χ0) is 18.9. The van der Waals surface area contributed by atoms with E-state index in [4.69, 9.17) is 32.7 Å². The Balaban J connectivity index is 1.75. The number of phenolic OH excluding ortho intramolecular Hbond substituents is 1. The van der Waals surface area contributed by atoms with Crippen molar-refractivity contribution in [3.05, 3.63) is 44.8 Å². The Morgan fingerprint density at radius 2 is 2.12 bits per heavy atom. The van der Waals surface area contributed by atoms with Crippen LogP contribution in [0.4, 0.5) is 0 Å². The van der Waals surface area contributed by atoms with Crippen molar-refractivity contribution in [1.29, 1.82) is 0 Å². The van der Waals surface area contributed by atoms with Crippen molar-refractivity contribution < 1.29 is 27.8 Å². The number of sulfone groups is 1. The fraction of sp³-hybridized carbons (Fsp3) is 0.312. The number of carbonyl (C=O) groups excluding carboxylic acids is 1. The molecule has 6 nitrogen and oxygen atoms in total. The van der Waals surface area contributed by atoms with E-state index in [9.17, 15) is 18.3 Å². The van der Waals surface area contributed by atoms with Crippen molar-refractivity contribution in [3.63, 3.8) is 0 Å². The molecule has 0 aliphatic carbocycles. The molecule has 0 spiro atoms. The number of aromatic hydroxyl groups is 1. The lowest BCUT2D eigenvalue weighted by Gasteiger charge is -2.11. The Labute approximate surface area is 164 Å². The van der Waals surface area contributed by atoms with Crippen LogP contribution in [0.25, 0.3) is 0 Å². The first-order valence-corrected chi connectivity index (χ1v) is 10.8. The van der Waals surface area contributed by atoms with Gasteiger partial charge in [-0.15, -0.1) is 11.3 Å². The second-order valence-corrected chi connectivity index (χ2v) is 9.97. The van der Waals surface area contributed by atoms with E-state index in [0.717, 1.165) is 11.3 Å². The lowest BCUT2D eigenvalue weighted by molar-refractivity contribution is 0.0267. The zero-order valence-electron chi connectivity index (χ0n) is 13.3. The average Bonchev–Trinajstić information content (AvgIpc) is 3.17. The highest BCUT2D eigenvalue weighted by atomic mass is 35.5. The molecule has 1 aliphatic heterocycles. The van der Waals surface area contributed by atoms with E-state index in [1.807, 2.05) is 0 Å². The highest BCUT2D eigenvalue weighted by Gasteiger charge is 2.24. The van der Waals surface area contributed by atoms with Gasteiger partial charge in [-0.25, -0.2) is 13.2 Å². The number of phenols is 1. The fourth-order valence-corrected chi connectivity index (χ4v) is 5.73. The molecule has 2 aromatic rings. The van der Waals surface area contributed by atoms with Crippen molar-refractivity contribution in [2.75, 3.05) is 13.2 Å². The number of carbonyl (C=O) groups is 1. The lowest BCUT2D eigenvalue weighted by Crippen LogP contribution is -2.18. The summed E-state index contributed by atoms with van der Waals surface area (Å²) in [6.45, 7) is 0.853. The summed E-state index contributed by atoms with van der Waals surface area (Å²) >= 11 is 12.5. The Hall–Kier alpha value is -1.32. The molecule has 0 radical (unpaired) electrons. The van der Waals surface area contributed by atoms with Gasteiger partial charge in [0, 0.05) is 6.42 Å². The Kier molecular flexibility index (Phi) is 5.78. The predicted octanol–water partition coefficient (Wildman–Crippen LogP) is 3.68. The molecule has 0 amide bonds. The summed E-state index contributed by atoms with van der Waals surface area (Å²) in [7, 11) is -3.68. The van der Waals surface area contributed by atoms with Gasteiger partial charge < -0.3 is 14.6 Å². The standard InChI is InChI=1S/C16H14Cl2O6S2/c17-12-6-14(25-15(12)18)26(21,22)8-9-1-2-11(13(19)5-9)16(20)24-10-3-4-23-7-10/h1-2,5-6,10,19H,3-4,7-8H2. The normalized spacial score (nSPS) is 17.4. The third-order valence-corrected chi connectivity index (χ3v) is 7.85. The van der Waals surface area contributed by atoms with Crippen LogP contribution in [0.2, 0.25) is 9.36 Å². The van der Waals surface area contributed by atoms with Gasteiger partial charge in [-0.1, -0.05) is 29.3 Å². The minimum absolute atomic E-state index is 0.0275. The maximum Gasteiger partial charge on any atom is 0.342 e. The van der Waals surface area contributed by atoms with E-state index in [2.05, 4.69) is 0 Å². The smallest absolute Gasteiger partial charge is 0.342 e. The number of hydrogen-bond acceptors (Lipinski definition) is 7. The summed E-state index contributed by atoms with van der Waals surface area (Å²) in [5.74, 6) is -1.38. The minimum atomic E-state index is -3.68. The molecule has 1 unspecified atom stereocenters. The van der Waals surface area contributed by atoms with Crippen LogP contribution in [0.15, 0.2) is 28.5 Å². The van der Waals surface area contributed by atoms with Gasteiger partial charge in [-0.05, 0) is 23.8 Å². The predicted molar refractivity (Wildman–Crippen MR) is 98.0 cm³/mol. The summed E-state index contributed by atoms with van der Waals surface area (Å²) in [4.78, 5) is 12.1. The summed E-state index contributed by atoms with van der Waals surface area (Å²) in [6.07, 6.45) is 0.268. The van der Waals surface area contributed by atoms with Crippen LogP contribution < -0.4 is 0 Å². The van der Waals surface area contributed by atoms with Gasteiger partial charge in [0.2, 0.25) is 0 Å². The van der Waals surface area contributed by atoms with E-state index < -0.39 is 15.8 Å². The number of halogens is 2. The molecule has 1 fully saturated rings. The SMILES string of the molecule is O=C(OC1CCOC1)c1ccc(CS(=O)(=O)c2cc(Cl)c(Cl)s2)cc1O. The first kappa shape index (κ1) is 19.4. The van der Waals surface area contributed by atoms with Crippen molar-refractivity contribution in [1.82, 2.24) is 0 Å². The number of rotatable bonds is 5. The molecule has 0 saturated carbocycles. The van der Waals surface area contributed by atoms with Crippen molar-refractivity contribution in [3.8, 4) is 5.75 Å². The van der Waals surface area contributed by atoms with Crippen LogP contribution in [0.5, 0.6) is 5.75 Å². The maximum absolute atomic E-state index is 12.4. The van der Waals surface area contributed by atoms with Gasteiger partial charge in [0.25, 0.3) is 0 Å². The van der Waals surface area contributed by atoms with E-state index >= 15 is 0 Å². The summed E-state index contributed by atoms with van der Waals surface area (Å²) in [5.41, 5.74) is 0.296. The van der Waals surface area contributed by atoms with Gasteiger partial charge in [0.05, 0.1) is 24.0 Å². The molecule has 1 aromatic carbocycles. The maximum atomic E-state index is 12.4. The highest BCUT2D eigenvalue weighted by molar-refractivity contribution is 7.92. The monoisotopic (exact) mass is 436 g/mol. The zero-order valence-corrected chi connectivity index (χ0v) is 16.4. The van der Waals surface area contributed by atoms with Crippen molar-refractivity contribution >= 4 is 50.3 Å². The second-order valence-electron chi connectivity index (χ2n) is 5.69. The van der Waals surface area contributed by atoms with E-state index in [1.54, 1.807) is 0 Å². The molecule has 1 saturated heterocycles. The van der Waals surface area contributed by atoms with Crippen LogP contribution >= 0.6 is 34.5 Å². The molecule has 1 aromatic heterocycles. The summed E-state index contributed by atoms with van der Waals surface area (Å²) in [6, 6.07) is 5.32. The third-order valence-electron chi connectivity index (χ3n) is 3.73. The molecule has 10 heteroatoms. The Morgan fingerprint density at radius 3 is 2.69 bits per heavy atom. The molecule has 0 bridgehead atoms. The van der Waals surface area contributed by atoms with Crippen LogP contribution in [-0.2, 0) is 25.1 Å². The van der Waals surface area contributed by atoms with Crippen LogP contribution in [0.3, 0.4) is 0 Å². The van der Waals surface area contributed by atoms with E-state index in [-0.39, 0.29) is 36.7 Å². The highest BCUT2D eigenvalue weighted by Crippen LogP contribution is 2.36. The molecule has 1 atom stereocenters. The van der Waals surface area contributed by atoms with Gasteiger partial charge in [0.15, 0.2) is 9.84 Å². The Bertz CT molecular complexity index is 913. The molecule has 26 heavy (non-hydrogen) atoms. The number of ether oxygens (including phenoxy) is 2. The van der Waals surface area contributed by atoms with Gasteiger partial charge >= 0.3 is 5.97 Å². The molecule has 1 N–H and O–H groups in total. The third kappa shape index (κ3) is 4.32. The number of hydrogen-bond donors (Lipinski definition) is 1. The van der Waals surface area contributed by atoms with Crippen LogP contribution in [-0.4, -0.2) is 38.8 Å². The lowest BCUT2D eigenvalue weighted by atomic mass is 10.1. The van der Waals surface area contributed by atoms with E-state index in [1.165, 1.54) is 24.3 Å². The summed E-state index contributed by atoms with van der Waals surface area (Å²) < 4.78 is 35.5. The van der Waals surface area contributed by atoms with Crippen LogP contribution in [0.1, 0.15) is 22.3 Å². The topological polar surface area (TPSA) is 89.9 Å².